The first-order chi connectivity index (χ1) is 12.0. The van der Waals surface area contributed by atoms with Gasteiger partial charge in [0.1, 0.15) is 17.4 Å². The molecule has 1 atom stereocenters. The van der Waals surface area contributed by atoms with Crippen LogP contribution in [0.2, 0.25) is 0 Å². The lowest BCUT2D eigenvalue weighted by atomic mass is 10.2. The zero-order valence-electron chi connectivity index (χ0n) is 13.7. The first kappa shape index (κ1) is 16.8. The largest absolute Gasteiger partial charge is 0.478 e. The third kappa shape index (κ3) is 3.26. The normalized spacial score (nSPS) is 16.9. The Morgan fingerprint density at radius 1 is 1.32 bits per heavy atom. The van der Waals surface area contributed by atoms with E-state index in [9.17, 15) is 14.4 Å². The topological polar surface area (TPSA) is 99.9 Å². The van der Waals surface area contributed by atoms with Gasteiger partial charge in [0.05, 0.1) is 0 Å². The number of benzene rings is 1. The molecule has 1 aliphatic rings. The second-order valence-corrected chi connectivity index (χ2v) is 5.75. The van der Waals surface area contributed by atoms with Crippen molar-refractivity contribution in [2.24, 2.45) is 0 Å². The number of hydrogen-bond acceptors (Lipinski definition) is 4. The van der Waals surface area contributed by atoms with E-state index in [0.717, 1.165) is 5.69 Å². The highest BCUT2D eigenvalue weighted by Crippen LogP contribution is 2.22. The molecule has 2 amide bonds. The molecule has 1 unspecified atom stereocenters. The lowest BCUT2D eigenvalue weighted by Gasteiger charge is -2.16. The number of furan rings is 1. The van der Waals surface area contributed by atoms with E-state index < -0.39 is 17.9 Å². The quantitative estimate of drug-likeness (QED) is 0.866. The Bertz CT molecular complexity index is 812. The molecule has 0 bridgehead atoms. The van der Waals surface area contributed by atoms with Gasteiger partial charge in [-0.05, 0) is 18.6 Å². The van der Waals surface area contributed by atoms with E-state index in [-0.39, 0.29) is 23.0 Å². The van der Waals surface area contributed by atoms with E-state index in [1.165, 1.54) is 6.07 Å². The number of carboxylic acid groups (broad SMARTS) is 1. The Morgan fingerprint density at radius 3 is 2.64 bits per heavy atom. The minimum atomic E-state index is -1.15. The Labute approximate surface area is 144 Å². The Hall–Kier alpha value is -3.09. The molecular weight excluding hydrogens is 324 g/mol. The van der Waals surface area contributed by atoms with Gasteiger partial charge >= 0.3 is 5.97 Å². The number of carboxylic acids is 1. The molecule has 3 rings (SSSR count). The zero-order valence-corrected chi connectivity index (χ0v) is 13.7. The van der Waals surface area contributed by atoms with Crippen molar-refractivity contribution in [1.29, 1.82) is 0 Å². The summed E-state index contributed by atoms with van der Waals surface area (Å²) in [4.78, 5) is 37.6. The van der Waals surface area contributed by atoms with E-state index >= 15 is 0 Å². The van der Waals surface area contributed by atoms with Crippen molar-refractivity contribution >= 4 is 23.5 Å². The Morgan fingerprint density at radius 2 is 2.04 bits per heavy atom. The average Bonchev–Trinajstić information content (AvgIpc) is 3.20. The number of aryl methyl sites for hydroxylation is 1. The van der Waals surface area contributed by atoms with Crippen LogP contribution in [0.25, 0.3) is 0 Å². The Balaban J connectivity index is 1.72. The van der Waals surface area contributed by atoms with Crippen LogP contribution in [0.3, 0.4) is 0 Å². The molecule has 2 heterocycles. The summed E-state index contributed by atoms with van der Waals surface area (Å²) in [5.74, 6) is -1.79. The lowest BCUT2D eigenvalue weighted by Crippen LogP contribution is -2.41. The fourth-order valence-electron chi connectivity index (χ4n) is 2.89. The van der Waals surface area contributed by atoms with Crippen LogP contribution in [0.15, 0.2) is 40.8 Å². The minimum absolute atomic E-state index is 0.0312. The molecule has 0 radical (unpaired) electrons. The lowest BCUT2D eigenvalue weighted by molar-refractivity contribution is -0.118. The maximum absolute atomic E-state index is 12.5. The van der Waals surface area contributed by atoms with Crippen molar-refractivity contribution in [2.75, 3.05) is 11.4 Å². The number of para-hydroxylation sites is 1. The number of anilines is 1. The highest BCUT2D eigenvalue weighted by Gasteiger charge is 2.34. The summed E-state index contributed by atoms with van der Waals surface area (Å²) < 4.78 is 5.33. The molecule has 1 aromatic carbocycles. The number of hydrogen-bond donors (Lipinski definition) is 2. The molecule has 0 aliphatic carbocycles. The standard InChI is InChI=1S/C18H18N2O5/c1-2-14-12(18(23)24)10-15(25-14)16(21)19-13-8-9-20(17(13)22)11-6-4-3-5-7-11/h3-7,10,13H,2,8-9H2,1H3,(H,19,21)(H,23,24). The van der Waals surface area contributed by atoms with Crippen LogP contribution in [-0.4, -0.2) is 35.5 Å². The third-order valence-electron chi connectivity index (χ3n) is 4.16. The molecule has 130 valence electrons. The van der Waals surface area contributed by atoms with Gasteiger partial charge < -0.3 is 19.7 Å². The molecule has 7 nitrogen and oxygen atoms in total. The fraction of sp³-hybridized carbons (Fsp3) is 0.278. The van der Waals surface area contributed by atoms with E-state index in [4.69, 9.17) is 9.52 Å². The highest BCUT2D eigenvalue weighted by atomic mass is 16.4. The molecule has 1 aliphatic heterocycles. The predicted octanol–water partition coefficient (Wildman–Crippen LogP) is 2.08. The number of amides is 2. The monoisotopic (exact) mass is 342 g/mol. The van der Waals surface area contributed by atoms with Crippen LogP contribution < -0.4 is 10.2 Å². The number of rotatable bonds is 5. The van der Waals surface area contributed by atoms with E-state index in [1.807, 2.05) is 30.3 Å². The van der Waals surface area contributed by atoms with Crippen molar-refractivity contribution in [3.63, 3.8) is 0 Å². The minimum Gasteiger partial charge on any atom is -0.478 e. The maximum Gasteiger partial charge on any atom is 0.339 e. The first-order valence-corrected chi connectivity index (χ1v) is 8.04. The summed E-state index contributed by atoms with van der Waals surface area (Å²) in [6, 6.07) is 9.77. The van der Waals surface area contributed by atoms with Crippen LogP contribution in [0, 0.1) is 0 Å². The fourth-order valence-corrected chi connectivity index (χ4v) is 2.89. The summed E-state index contributed by atoms with van der Waals surface area (Å²) in [6.45, 7) is 2.25. The van der Waals surface area contributed by atoms with Gasteiger partial charge in [-0.25, -0.2) is 4.79 Å². The SMILES string of the molecule is CCc1oc(C(=O)NC2CCN(c3ccccc3)C2=O)cc1C(=O)O. The summed E-state index contributed by atoms with van der Waals surface area (Å²) in [5, 5.41) is 11.8. The van der Waals surface area contributed by atoms with Crippen LogP contribution in [0.4, 0.5) is 5.69 Å². The van der Waals surface area contributed by atoms with E-state index in [2.05, 4.69) is 5.32 Å². The van der Waals surface area contributed by atoms with Crippen LogP contribution >= 0.6 is 0 Å². The molecule has 7 heteroatoms. The van der Waals surface area contributed by atoms with Crippen LogP contribution in [0.5, 0.6) is 0 Å². The first-order valence-electron chi connectivity index (χ1n) is 8.04. The number of carbonyl (C=O) groups is 3. The number of nitrogens with one attached hydrogen (secondary N) is 1. The maximum atomic E-state index is 12.5. The predicted molar refractivity (Wildman–Crippen MR) is 89.7 cm³/mol. The van der Waals surface area contributed by atoms with Crippen molar-refractivity contribution < 1.29 is 23.9 Å². The van der Waals surface area contributed by atoms with E-state index in [0.29, 0.717) is 19.4 Å². The van der Waals surface area contributed by atoms with Crippen molar-refractivity contribution in [2.45, 2.75) is 25.8 Å². The second kappa shape index (κ2) is 6.80. The number of carbonyl (C=O) groups excluding carboxylic acids is 2. The van der Waals surface area contributed by atoms with Gasteiger partial charge in [0.25, 0.3) is 5.91 Å². The zero-order chi connectivity index (χ0) is 18.0. The van der Waals surface area contributed by atoms with Gasteiger partial charge in [0.15, 0.2) is 5.76 Å². The smallest absolute Gasteiger partial charge is 0.339 e. The van der Waals surface area contributed by atoms with Gasteiger partial charge in [-0.2, -0.15) is 0 Å². The highest BCUT2D eigenvalue weighted by molar-refractivity contribution is 6.03. The number of nitrogens with zero attached hydrogens (tertiary/aromatic N) is 1. The molecule has 2 aromatic rings. The summed E-state index contributed by atoms with van der Waals surface area (Å²) in [6.07, 6.45) is 0.839. The molecule has 1 aromatic heterocycles. The molecular formula is C18H18N2O5. The van der Waals surface area contributed by atoms with Gasteiger partial charge in [0.2, 0.25) is 5.91 Å². The number of aromatic carboxylic acids is 1. The molecule has 0 saturated carbocycles. The second-order valence-electron chi connectivity index (χ2n) is 5.75. The molecule has 1 saturated heterocycles. The molecule has 25 heavy (non-hydrogen) atoms. The van der Waals surface area contributed by atoms with Crippen LogP contribution in [-0.2, 0) is 11.2 Å². The molecule has 1 fully saturated rings. The summed E-state index contributed by atoms with van der Waals surface area (Å²) in [7, 11) is 0. The Kier molecular flexibility index (Phi) is 4.56. The average molecular weight is 342 g/mol. The van der Waals surface area contributed by atoms with Gasteiger partial charge in [-0.1, -0.05) is 25.1 Å². The third-order valence-corrected chi connectivity index (χ3v) is 4.16. The summed E-state index contributed by atoms with van der Waals surface area (Å²) >= 11 is 0. The van der Waals surface area contributed by atoms with Crippen molar-refractivity contribution in [3.05, 3.63) is 53.5 Å². The van der Waals surface area contributed by atoms with Gasteiger partial charge in [0, 0.05) is 24.7 Å². The van der Waals surface area contributed by atoms with Crippen LogP contribution in [0.1, 0.15) is 40.0 Å². The summed E-state index contributed by atoms with van der Waals surface area (Å²) in [5.41, 5.74) is 0.750. The van der Waals surface area contributed by atoms with E-state index in [1.54, 1.807) is 11.8 Å². The van der Waals surface area contributed by atoms with Crippen molar-refractivity contribution in [1.82, 2.24) is 5.32 Å². The van der Waals surface area contributed by atoms with Gasteiger partial charge in [-0.15, -0.1) is 0 Å². The molecule has 0 spiro atoms. The van der Waals surface area contributed by atoms with Crippen molar-refractivity contribution in [3.8, 4) is 0 Å². The van der Waals surface area contributed by atoms with Gasteiger partial charge in [-0.3, -0.25) is 9.59 Å². The molecule has 2 N–H and O–H groups in total.